The maximum atomic E-state index is 13.5. The van der Waals surface area contributed by atoms with Crippen LogP contribution in [0.2, 0.25) is 0 Å². The Morgan fingerprint density at radius 1 is 0.935 bits per heavy atom. The van der Waals surface area contributed by atoms with Crippen molar-refractivity contribution >= 4 is 5.78 Å². The number of carbonyl (C=O) groups is 1. The van der Waals surface area contributed by atoms with Crippen molar-refractivity contribution in [2.45, 2.75) is 65.3 Å². The van der Waals surface area contributed by atoms with Crippen molar-refractivity contribution in [2.24, 2.45) is 0 Å². The molecule has 2 aromatic carbocycles. The lowest BCUT2D eigenvalue weighted by molar-refractivity contribution is 0.0981. The molecule has 2 nitrogen and oxygen atoms in total. The van der Waals surface area contributed by atoms with Crippen molar-refractivity contribution in [2.75, 3.05) is 0 Å². The number of ketones is 1. The molecule has 0 amide bonds. The third kappa shape index (κ3) is 5.69. The molecule has 0 aliphatic rings. The van der Waals surface area contributed by atoms with E-state index >= 15 is 0 Å². The van der Waals surface area contributed by atoms with E-state index in [4.69, 9.17) is 0 Å². The maximum Gasteiger partial charge on any atom is 0.165 e. The van der Waals surface area contributed by atoms with Crippen LogP contribution in [-0.4, -0.2) is 10.4 Å². The van der Waals surface area contributed by atoms with Gasteiger partial charge in [0.05, 0.1) is 0 Å². The number of Topliss-reactive ketones (excluding diaryl/α,β-unsaturated/α-hetero) is 1. The summed E-state index contributed by atoms with van der Waals surface area (Å²) in [5, 5.41) is 0. The molecule has 4 heteroatoms. The fourth-order valence-electron chi connectivity index (χ4n) is 4.07. The molecule has 0 aliphatic heterocycles. The van der Waals surface area contributed by atoms with Gasteiger partial charge in [0.25, 0.3) is 0 Å². The van der Waals surface area contributed by atoms with E-state index < -0.39 is 11.6 Å². The van der Waals surface area contributed by atoms with E-state index in [0.717, 1.165) is 43.1 Å². The third-order valence-corrected chi connectivity index (χ3v) is 5.67. The van der Waals surface area contributed by atoms with Crippen LogP contribution in [0.3, 0.4) is 0 Å². The Kier molecular flexibility index (Phi) is 7.78. The van der Waals surface area contributed by atoms with E-state index in [1.165, 1.54) is 17.3 Å². The first-order valence-corrected chi connectivity index (χ1v) is 11.1. The molecule has 0 unspecified atom stereocenters. The van der Waals surface area contributed by atoms with E-state index in [0.29, 0.717) is 12.0 Å². The highest BCUT2D eigenvalue weighted by Crippen LogP contribution is 2.28. The third-order valence-electron chi connectivity index (χ3n) is 5.67. The lowest BCUT2D eigenvalue weighted by Crippen LogP contribution is -2.12. The van der Waals surface area contributed by atoms with E-state index in [-0.39, 0.29) is 18.1 Å². The molecule has 0 fully saturated rings. The van der Waals surface area contributed by atoms with Gasteiger partial charge in [-0.25, -0.2) is 8.78 Å². The topological polar surface area (TPSA) is 22.0 Å². The van der Waals surface area contributed by atoms with Gasteiger partial charge >= 0.3 is 0 Å². The van der Waals surface area contributed by atoms with Crippen LogP contribution in [-0.2, 0) is 19.4 Å². The number of halogens is 2. The van der Waals surface area contributed by atoms with E-state index in [1.807, 2.05) is 18.2 Å². The highest BCUT2D eigenvalue weighted by molar-refractivity contribution is 5.98. The van der Waals surface area contributed by atoms with E-state index in [9.17, 15) is 13.6 Å². The van der Waals surface area contributed by atoms with Gasteiger partial charge in [0.15, 0.2) is 17.4 Å². The summed E-state index contributed by atoms with van der Waals surface area (Å²) in [5.74, 6) is -1.49. The van der Waals surface area contributed by atoms with Crippen LogP contribution in [0.1, 0.15) is 78.8 Å². The lowest BCUT2D eigenvalue weighted by atomic mass is 9.98. The Balaban J connectivity index is 1.90. The molecule has 0 aliphatic carbocycles. The van der Waals surface area contributed by atoms with Gasteiger partial charge in [-0.3, -0.25) is 4.79 Å². The number of hydrogen-bond acceptors (Lipinski definition) is 1. The molecule has 0 radical (unpaired) electrons. The van der Waals surface area contributed by atoms with Crippen LogP contribution in [0, 0.1) is 11.6 Å². The second-order valence-corrected chi connectivity index (χ2v) is 8.44. The molecule has 164 valence electrons. The fraction of sp³-hybridized carbons (Fsp3) is 0.370. The molecular weight excluding hydrogens is 392 g/mol. The number of benzene rings is 2. The SMILES string of the molecule is CCCCc1cc(C(=O)CCc2ccc(F)c(F)c2)c(C(C)C)n1Cc1ccccc1. The predicted molar refractivity (Wildman–Crippen MR) is 122 cm³/mol. The first-order chi connectivity index (χ1) is 14.9. The van der Waals surface area contributed by atoms with Gasteiger partial charge in [-0.1, -0.05) is 63.6 Å². The zero-order valence-electron chi connectivity index (χ0n) is 18.6. The number of aromatic nitrogens is 1. The molecule has 0 saturated carbocycles. The minimum absolute atomic E-state index is 0.0537. The highest BCUT2D eigenvalue weighted by atomic mass is 19.2. The summed E-state index contributed by atoms with van der Waals surface area (Å²) in [6.07, 6.45) is 3.75. The van der Waals surface area contributed by atoms with Crippen molar-refractivity contribution in [3.63, 3.8) is 0 Å². The zero-order valence-corrected chi connectivity index (χ0v) is 18.6. The molecule has 3 aromatic rings. The van der Waals surface area contributed by atoms with E-state index in [1.54, 1.807) is 6.07 Å². The van der Waals surface area contributed by atoms with E-state index in [2.05, 4.69) is 43.5 Å². The van der Waals surface area contributed by atoms with Crippen LogP contribution in [0.15, 0.2) is 54.6 Å². The molecule has 0 bridgehead atoms. The van der Waals surface area contributed by atoms with Gasteiger partial charge in [0.2, 0.25) is 0 Å². The first kappa shape index (κ1) is 22.9. The largest absolute Gasteiger partial charge is 0.343 e. The number of carbonyl (C=O) groups excluding carboxylic acids is 1. The summed E-state index contributed by atoms with van der Waals surface area (Å²) in [7, 11) is 0. The Bertz CT molecular complexity index is 1020. The summed E-state index contributed by atoms with van der Waals surface area (Å²) in [4.78, 5) is 13.2. The Morgan fingerprint density at radius 2 is 1.68 bits per heavy atom. The van der Waals surface area contributed by atoms with Crippen LogP contribution >= 0.6 is 0 Å². The number of aryl methyl sites for hydroxylation is 2. The molecule has 1 aromatic heterocycles. The Hall–Kier alpha value is -2.75. The maximum absolute atomic E-state index is 13.5. The second-order valence-electron chi connectivity index (χ2n) is 8.44. The van der Waals surface area contributed by atoms with Crippen molar-refractivity contribution in [1.82, 2.24) is 4.57 Å². The van der Waals surface area contributed by atoms with Gasteiger partial charge in [-0.2, -0.15) is 0 Å². The van der Waals surface area contributed by atoms with Crippen molar-refractivity contribution < 1.29 is 13.6 Å². The van der Waals surface area contributed by atoms with Crippen molar-refractivity contribution in [1.29, 1.82) is 0 Å². The summed E-state index contributed by atoms with van der Waals surface area (Å²) in [5.41, 5.74) is 4.85. The lowest BCUT2D eigenvalue weighted by Gasteiger charge is -2.17. The smallest absolute Gasteiger partial charge is 0.165 e. The van der Waals surface area contributed by atoms with Gasteiger partial charge in [0, 0.05) is 29.9 Å². The molecule has 31 heavy (non-hydrogen) atoms. The minimum Gasteiger partial charge on any atom is -0.343 e. The average molecular weight is 424 g/mol. The molecular formula is C27H31F2NO. The normalized spacial score (nSPS) is 11.3. The van der Waals surface area contributed by atoms with Crippen molar-refractivity contribution in [3.8, 4) is 0 Å². The Labute approximate surface area is 183 Å². The predicted octanol–water partition coefficient (Wildman–Crippen LogP) is 7.10. The van der Waals surface area contributed by atoms with Gasteiger partial charge < -0.3 is 4.57 Å². The summed E-state index contributed by atoms with van der Waals surface area (Å²) < 4.78 is 29.0. The molecule has 0 atom stereocenters. The quantitative estimate of drug-likeness (QED) is 0.319. The average Bonchev–Trinajstić information content (AvgIpc) is 3.12. The monoisotopic (exact) mass is 423 g/mol. The Morgan fingerprint density at radius 3 is 2.32 bits per heavy atom. The minimum atomic E-state index is -0.872. The molecule has 0 saturated heterocycles. The van der Waals surface area contributed by atoms with Crippen LogP contribution in [0.4, 0.5) is 8.78 Å². The highest BCUT2D eigenvalue weighted by Gasteiger charge is 2.22. The molecule has 3 rings (SSSR count). The fourth-order valence-corrected chi connectivity index (χ4v) is 4.07. The molecule has 0 spiro atoms. The van der Waals surface area contributed by atoms with Gasteiger partial charge in [-0.05, 0) is 54.5 Å². The summed E-state index contributed by atoms with van der Waals surface area (Å²) in [6, 6.07) is 16.2. The van der Waals surface area contributed by atoms with Crippen LogP contribution in [0.25, 0.3) is 0 Å². The molecule has 1 heterocycles. The summed E-state index contributed by atoms with van der Waals surface area (Å²) >= 11 is 0. The summed E-state index contributed by atoms with van der Waals surface area (Å²) in [6.45, 7) is 7.14. The number of hydrogen-bond donors (Lipinski definition) is 0. The second kappa shape index (κ2) is 10.5. The van der Waals surface area contributed by atoms with Crippen LogP contribution in [0.5, 0.6) is 0 Å². The van der Waals surface area contributed by atoms with Gasteiger partial charge in [-0.15, -0.1) is 0 Å². The molecule has 0 N–H and O–H groups in total. The van der Waals surface area contributed by atoms with Gasteiger partial charge in [0.1, 0.15) is 0 Å². The van der Waals surface area contributed by atoms with Crippen LogP contribution < -0.4 is 0 Å². The zero-order chi connectivity index (χ0) is 22.4. The first-order valence-electron chi connectivity index (χ1n) is 11.1. The van der Waals surface area contributed by atoms with Crippen molar-refractivity contribution in [3.05, 3.63) is 94.3 Å². The number of rotatable bonds is 10. The number of unbranched alkanes of at least 4 members (excludes halogenated alkanes) is 1. The number of nitrogens with zero attached hydrogens (tertiary/aromatic N) is 1. The standard InChI is InChI=1S/C27H31F2NO/c1-4-5-11-22-17-23(26(31)15-13-20-12-14-24(28)25(29)16-20)27(19(2)3)30(22)18-21-9-7-6-8-10-21/h6-10,12,14,16-17,19H,4-5,11,13,15,18H2,1-3H3.